The molecule has 0 radical (unpaired) electrons. The van der Waals surface area contributed by atoms with E-state index >= 15 is 0 Å². The van der Waals surface area contributed by atoms with Crippen molar-refractivity contribution in [3.8, 4) is 0 Å². The number of benzene rings is 1. The van der Waals surface area contributed by atoms with E-state index in [0.29, 0.717) is 5.92 Å². The maximum absolute atomic E-state index is 11.3. The van der Waals surface area contributed by atoms with E-state index in [0.717, 1.165) is 16.9 Å². The first-order valence-electron chi connectivity index (χ1n) is 5.70. The topological polar surface area (TPSA) is 41.5 Å². The van der Waals surface area contributed by atoms with Crippen LogP contribution in [0.25, 0.3) is 0 Å². The summed E-state index contributed by atoms with van der Waals surface area (Å²) >= 11 is 5.48. The number of aliphatic imine (C=N–C) groups is 1. The van der Waals surface area contributed by atoms with Gasteiger partial charge < -0.3 is 5.32 Å². The molecule has 90 valence electrons. The first kappa shape index (κ1) is 12.1. The lowest BCUT2D eigenvalue weighted by Gasteiger charge is -2.09. The summed E-state index contributed by atoms with van der Waals surface area (Å²) in [4.78, 5) is 15.8. The van der Waals surface area contributed by atoms with Crippen molar-refractivity contribution >= 4 is 35.1 Å². The zero-order chi connectivity index (χ0) is 12.3. The first-order chi connectivity index (χ1) is 8.20. The molecular formula is C13H15ClN2O. The summed E-state index contributed by atoms with van der Waals surface area (Å²) < 4.78 is 0. The van der Waals surface area contributed by atoms with Gasteiger partial charge in [0.05, 0.1) is 11.4 Å². The van der Waals surface area contributed by atoms with Gasteiger partial charge in [-0.1, -0.05) is 12.1 Å². The highest BCUT2D eigenvalue weighted by molar-refractivity contribution is 6.29. The number of nitrogens with one attached hydrogen (secondary N) is 1. The van der Waals surface area contributed by atoms with Gasteiger partial charge in [-0.3, -0.25) is 9.79 Å². The molecule has 0 aliphatic heterocycles. The number of rotatable bonds is 4. The Morgan fingerprint density at radius 1 is 1.59 bits per heavy atom. The van der Waals surface area contributed by atoms with Crippen LogP contribution in [0.4, 0.5) is 11.4 Å². The third-order valence-electron chi connectivity index (χ3n) is 2.67. The Kier molecular flexibility index (Phi) is 3.79. The van der Waals surface area contributed by atoms with E-state index in [1.165, 1.54) is 12.8 Å². The van der Waals surface area contributed by atoms with Gasteiger partial charge in [-0.25, -0.2) is 0 Å². The molecule has 4 heteroatoms. The van der Waals surface area contributed by atoms with Gasteiger partial charge in [-0.15, -0.1) is 11.6 Å². The Labute approximate surface area is 106 Å². The molecule has 1 amide bonds. The zero-order valence-electron chi connectivity index (χ0n) is 9.74. The number of carbonyl (C=O) groups is 1. The van der Waals surface area contributed by atoms with E-state index in [9.17, 15) is 4.79 Å². The lowest BCUT2D eigenvalue weighted by Crippen LogP contribution is -2.12. The fourth-order valence-corrected chi connectivity index (χ4v) is 1.61. The Morgan fingerprint density at radius 3 is 3.00 bits per heavy atom. The van der Waals surface area contributed by atoms with Gasteiger partial charge in [0.2, 0.25) is 5.91 Å². The normalized spacial score (nSPS) is 15.2. The lowest BCUT2D eigenvalue weighted by molar-refractivity contribution is -0.113. The van der Waals surface area contributed by atoms with Crippen LogP contribution in [0.5, 0.6) is 0 Å². The second kappa shape index (κ2) is 5.32. The predicted octanol–water partition coefficient (Wildman–Crippen LogP) is 3.28. The molecule has 1 aromatic rings. The molecule has 1 N–H and O–H groups in total. The van der Waals surface area contributed by atoms with Gasteiger partial charge in [0.15, 0.2) is 0 Å². The Morgan fingerprint density at radius 2 is 2.35 bits per heavy atom. The van der Waals surface area contributed by atoms with Crippen LogP contribution >= 0.6 is 11.6 Å². The van der Waals surface area contributed by atoms with E-state index in [4.69, 9.17) is 11.6 Å². The number of carbonyl (C=O) groups excluding carboxylic acids is 1. The van der Waals surface area contributed by atoms with Crippen molar-refractivity contribution in [2.45, 2.75) is 19.8 Å². The summed E-state index contributed by atoms with van der Waals surface area (Å²) in [6.45, 7) is 1.98. The van der Waals surface area contributed by atoms with Crippen LogP contribution in [-0.2, 0) is 4.79 Å². The van der Waals surface area contributed by atoms with Gasteiger partial charge in [-0.05, 0) is 37.3 Å². The molecule has 1 aliphatic carbocycles. The number of anilines is 1. The van der Waals surface area contributed by atoms with Crippen molar-refractivity contribution in [1.29, 1.82) is 0 Å². The van der Waals surface area contributed by atoms with Crippen molar-refractivity contribution in [2.24, 2.45) is 10.9 Å². The molecule has 0 atom stereocenters. The number of hydrogen-bond donors (Lipinski definition) is 1. The average molecular weight is 251 g/mol. The molecule has 3 nitrogen and oxygen atoms in total. The summed E-state index contributed by atoms with van der Waals surface area (Å²) in [7, 11) is 0. The average Bonchev–Trinajstić information content (AvgIpc) is 3.12. The fourth-order valence-electron chi connectivity index (χ4n) is 1.54. The predicted molar refractivity (Wildman–Crippen MR) is 71.4 cm³/mol. The monoisotopic (exact) mass is 250 g/mol. The number of alkyl halides is 1. The molecular weight excluding hydrogens is 236 g/mol. The van der Waals surface area contributed by atoms with Gasteiger partial charge >= 0.3 is 0 Å². The van der Waals surface area contributed by atoms with Gasteiger partial charge in [0.1, 0.15) is 5.88 Å². The number of nitrogens with zero attached hydrogens (tertiary/aromatic N) is 1. The highest BCUT2D eigenvalue weighted by Gasteiger charge is 2.18. The van der Waals surface area contributed by atoms with Crippen LogP contribution < -0.4 is 5.32 Å². The zero-order valence-corrected chi connectivity index (χ0v) is 10.5. The third kappa shape index (κ3) is 3.30. The van der Waals surface area contributed by atoms with Crippen LogP contribution in [0.2, 0.25) is 0 Å². The van der Waals surface area contributed by atoms with Crippen molar-refractivity contribution < 1.29 is 4.79 Å². The smallest absolute Gasteiger partial charge is 0.239 e. The van der Waals surface area contributed by atoms with Crippen LogP contribution in [0.3, 0.4) is 0 Å². The van der Waals surface area contributed by atoms with Gasteiger partial charge in [-0.2, -0.15) is 0 Å². The minimum Gasteiger partial charge on any atom is -0.323 e. The molecule has 0 spiro atoms. The van der Waals surface area contributed by atoms with E-state index in [1.54, 1.807) is 0 Å². The molecule has 0 heterocycles. The molecule has 0 aromatic heterocycles. The highest BCUT2D eigenvalue weighted by atomic mass is 35.5. The molecule has 1 aromatic carbocycles. The molecule has 1 saturated carbocycles. The van der Waals surface area contributed by atoms with Crippen molar-refractivity contribution in [1.82, 2.24) is 0 Å². The maximum atomic E-state index is 11.3. The number of halogens is 1. The largest absolute Gasteiger partial charge is 0.323 e. The second-order valence-electron chi connectivity index (χ2n) is 4.27. The molecule has 2 rings (SSSR count). The summed E-state index contributed by atoms with van der Waals surface area (Å²) in [5.41, 5.74) is 2.61. The van der Waals surface area contributed by atoms with Crippen molar-refractivity contribution in [2.75, 3.05) is 11.2 Å². The molecule has 0 unspecified atom stereocenters. The minimum absolute atomic E-state index is 0.0419. The number of para-hydroxylation sites is 1. The quantitative estimate of drug-likeness (QED) is 0.647. The minimum atomic E-state index is -0.208. The Balaban J connectivity index is 2.23. The van der Waals surface area contributed by atoms with E-state index in [1.807, 2.05) is 31.3 Å². The number of hydrogen-bond acceptors (Lipinski definition) is 2. The Hall–Kier alpha value is -1.35. The first-order valence-corrected chi connectivity index (χ1v) is 6.24. The summed E-state index contributed by atoms with van der Waals surface area (Å²) in [6.07, 6.45) is 4.41. The molecule has 1 fully saturated rings. The van der Waals surface area contributed by atoms with Crippen LogP contribution in [0, 0.1) is 12.8 Å². The van der Waals surface area contributed by atoms with Crippen molar-refractivity contribution in [3.05, 3.63) is 23.8 Å². The SMILES string of the molecule is Cc1cccc(NC(=O)CCl)c1N=CC1CC1. The standard InChI is InChI=1S/C13H15ClN2O/c1-9-3-2-4-11(16-12(17)7-14)13(9)15-8-10-5-6-10/h2-4,8,10H,5-7H2,1H3,(H,16,17). The molecule has 17 heavy (non-hydrogen) atoms. The van der Waals surface area contributed by atoms with Gasteiger partial charge in [0, 0.05) is 6.21 Å². The maximum Gasteiger partial charge on any atom is 0.239 e. The highest BCUT2D eigenvalue weighted by Crippen LogP contribution is 2.32. The van der Waals surface area contributed by atoms with E-state index in [2.05, 4.69) is 10.3 Å². The lowest BCUT2D eigenvalue weighted by atomic mass is 10.1. The van der Waals surface area contributed by atoms with Crippen LogP contribution in [-0.4, -0.2) is 18.0 Å². The van der Waals surface area contributed by atoms with Crippen LogP contribution in [0.1, 0.15) is 18.4 Å². The third-order valence-corrected chi connectivity index (χ3v) is 2.91. The number of amides is 1. The van der Waals surface area contributed by atoms with E-state index in [-0.39, 0.29) is 11.8 Å². The summed E-state index contributed by atoms with van der Waals surface area (Å²) in [5.74, 6) is 0.367. The molecule has 1 aliphatic rings. The number of aryl methyl sites for hydroxylation is 1. The van der Waals surface area contributed by atoms with Gasteiger partial charge in [0.25, 0.3) is 0 Å². The Bertz CT molecular complexity index is 453. The molecule has 0 bridgehead atoms. The molecule has 0 saturated heterocycles. The second-order valence-corrected chi connectivity index (χ2v) is 4.54. The summed E-state index contributed by atoms with van der Waals surface area (Å²) in [5, 5.41) is 2.76. The van der Waals surface area contributed by atoms with E-state index < -0.39 is 0 Å². The van der Waals surface area contributed by atoms with Crippen molar-refractivity contribution in [3.63, 3.8) is 0 Å². The van der Waals surface area contributed by atoms with Crippen LogP contribution in [0.15, 0.2) is 23.2 Å². The summed E-state index contributed by atoms with van der Waals surface area (Å²) in [6, 6.07) is 5.72. The fraction of sp³-hybridized carbons (Fsp3) is 0.385.